The van der Waals surface area contributed by atoms with Crippen LogP contribution in [0.25, 0.3) is 22.0 Å². The van der Waals surface area contributed by atoms with Crippen LogP contribution in [0.1, 0.15) is 23.0 Å². The lowest BCUT2D eigenvalue weighted by molar-refractivity contribution is 0.0520. The second-order valence-electron chi connectivity index (χ2n) is 5.52. The minimum atomic E-state index is -0.408. The summed E-state index contributed by atoms with van der Waals surface area (Å²) in [5, 5.41) is 1.01. The van der Waals surface area contributed by atoms with Crippen molar-refractivity contribution in [1.82, 2.24) is 4.98 Å². The van der Waals surface area contributed by atoms with Gasteiger partial charge in [-0.2, -0.15) is 0 Å². The topological polar surface area (TPSA) is 48.4 Å². The lowest BCUT2D eigenvalue weighted by atomic mass is 9.98. The van der Waals surface area contributed by atoms with Crippen LogP contribution in [-0.2, 0) is 4.74 Å². The number of benzene rings is 2. The first kappa shape index (κ1) is 16.0. The first-order valence-electron chi connectivity index (χ1n) is 7.85. The molecule has 3 rings (SSSR count). The molecule has 0 amide bonds. The van der Waals surface area contributed by atoms with Crippen molar-refractivity contribution in [3.8, 4) is 16.9 Å². The van der Waals surface area contributed by atoms with Crippen LogP contribution in [0.4, 0.5) is 0 Å². The Hall–Kier alpha value is -2.88. The molecule has 24 heavy (non-hydrogen) atoms. The molecule has 0 unspecified atom stereocenters. The van der Waals surface area contributed by atoms with E-state index in [0.29, 0.717) is 12.3 Å². The van der Waals surface area contributed by atoms with Gasteiger partial charge in [0.25, 0.3) is 0 Å². The highest BCUT2D eigenvalue weighted by Gasteiger charge is 2.14. The van der Waals surface area contributed by atoms with Crippen LogP contribution < -0.4 is 4.74 Å². The summed E-state index contributed by atoms with van der Waals surface area (Å²) < 4.78 is 10.3. The van der Waals surface area contributed by atoms with Gasteiger partial charge in [0, 0.05) is 5.39 Å². The maximum absolute atomic E-state index is 12.1. The maximum atomic E-state index is 12.1. The Kier molecular flexibility index (Phi) is 4.47. The molecule has 3 aromatic rings. The van der Waals surface area contributed by atoms with Gasteiger partial charge in [0.05, 0.1) is 19.2 Å². The van der Waals surface area contributed by atoms with Gasteiger partial charge in [-0.05, 0) is 55.3 Å². The lowest BCUT2D eigenvalue weighted by Gasteiger charge is -2.11. The Balaban J connectivity index is 2.21. The third-order valence-corrected chi connectivity index (χ3v) is 3.85. The Bertz CT molecular complexity index is 885. The number of fused-ring (bicyclic) bond motifs is 1. The van der Waals surface area contributed by atoms with E-state index < -0.39 is 5.97 Å². The number of carbonyl (C=O) groups excluding carboxylic acids is 1. The van der Waals surface area contributed by atoms with Gasteiger partial charge >= 0.3 is 5.97 Å². The SMILES string of the molecule is CCOC(=O)c1cc(-c2ccc(OC)cc2)c2cc(C)ccc2n1. The summed E-state index contributed by atoms with van der Waals surface area (Å²) in [6.45, 7) is 4.15. The molecular weight excluding hydrogens is 302 g/mol. The standard InChI is InChI=1S/C20H19NO3/c1-4-24-20(22)19-12-16(14-6-8-15(23-3)9-7-14)17-11-13(2)5-10-18(17)21-19/h5-12H,4H2,1-3H3. The number of methoxy groups -OCH3 is 1. The predicted octanol–water partition coefficient (Wildman–Crippen LogP) is 4.40. The highest BCUT2D eigenvalue weighted by Crippen LogP contribution is 2.30. The second-order valence-corrected chi connectivity index (χ2v) is 5.52. The molecule has 122 valence electrons. The molecule has 4 nitrogen and oxygen atoms in total. The van der Waals surface area contributed by atoms with Crippen LogP contribution in [0, 0.1) is 6.92 Å². The van der Waals surface area contributed by atoms with Gasteiger partial charge in [-0.15, -0.1) is 0 Å². The molecule has 0 bridgehead atoms. The predicted molar refractivity (Wildman–Crippen MR) is 94.4 cm³/mol. The third kappa shape index (κ3) is 3.08. The van der Waals surface area contributed by atoms with Crippen molar-refractivity contribution in [1.29, 1.82) is 0 Å². The summed E-state index contributed by atoms with van der Waals surface area (Å²) in [5.41, 5.74) is 4.19. The van der Waals surface area contributed by atoms with E-state index >= 15 is 0 Å². The Morgan fingerprint density at radius 2 is 1.83 bits per heavy atom. The van der Waals surface area contributed by atoms with Gasteiger partial charge < -0.3 is 9.47 Å². The number of carbonyl (C=O) groups is 1. The smallest absolute Gasteiger partial charge is 0.356 e. The number of hydrogen-bond donors (Lipinski definition) is 0. The average molecular weight is 321 g/mol. The molecule has 0 fully saturated rings. The average Bonchev–Trinajstić information content (AvgIpc) is 2.61. The Morgan fingerprint density at radius 3 is 2.50 bits per heavy atom. The van der Waals surface area contributed by atoms with Gasteiger partial charge in [0.1, 0.15) is 11.4 Å². The summed E-state index contributed by atoms with van der Waals surface area (Å²) >= 11 is 0. The van der Waals surface area contributed by atoms with Gasteiger partial charge in [0.15, 0.2) is 0 Å². The van der Waals surface area contributed by atoms with E-state index in [1.54, 1.807) is 20.1 Å². The number of pyridine rings is 1. The highest BCUT2D eigenvalue weighted by atomic mass is 16.5. The number of hydrogen-bond acceptors (Lipinski definition) is 4. The highest BCUT2D eigenvalue weighted by molar-refractivity contribution is 5.99. The van der Waals surface area contributed by atoms with Crippen LogP contribution in [0.3, 0.4) is 0 Å². The zero-order valence-electron chi connectivity index (χ0n) is 14.0. The van der Waals surface area contributed by atoms with E-state index in [0.717, 1.165) is 33.3 Å². The fourth-order valence-corrected chi connectivity index (χ4v) is 2.66. The molecule has 0 spiro atoms. The van der Waals surface area contributed by atoms with Crippen molar-refractivity contribution in [2.45, 2.75) is 13.8 Å². The Labute approximate surface area is 141 Å². The van der Waals surface area contributed by atoms with E-state index in [2.05, 4.69) is 11.1 Å². The zero-order chi connectivity index (χ0) is 17.1. The quantitative estimate of drug-likeness (QED) is 0.668. The van der Waals surface area contributed by atoms with Crippen LogP contribution in [0.2, 0.25) is 0 Å². The van der Waals surface area contributed by atoms with Crippen LogP contribution >= 0.6 is 0 Å². The molecule has 0 atom stereocenters. The van der Waals surface area contributed by atoms with E-state index in [1.807, 2.05) is 43.3 Å². The molecule has 0 aliphatic heterocycles. The van der Waals surface area contributed by atoms with Crippen LogP contribution in [0.15, 0.2) is 48.5 Å². The van der Waals surface area contributed by atoms with Crippen molar-refractivity contribution in [2.24, 2.45) is 0 Å². The van der Waals surface area contributed by atoms with E-state index in [9.17, 15) is 4.79 Å². The van der Waals surface area contributed by atoms with Gasteiger partial charge in [0.2, 0.25) is 0 Å². The van der Waals surface area contributed by atoms with Gasteiger partial charge in [-0.3, -0.25) is 0 Å². The summed E-state index contributed by atoms with van der Waals surface area (Å²) in [6, 6.07) is 15.6. The lowest BCUT2D eigenvalue weighted by Crippen LogP contribution is -2.07. The first-order chi connectivity index (χ1) is 11.6. The monoisotopic (exact) mass is 321 g/mol. The molecule has 2 aromatic carbocycles. The van der Waals surface area contributed by atoms with E-state index in [1.165, 1.54) is 0 Å². The van der Waals surface area contributed by atoms with E-state index in [-0.39, 0.29) is 0 Å². The molecule has 0 aliphatic rings. The number of nitrogens with zero attached hydrogens (tertiary/aromatic N) is 1. The van der Waals surface area contributed by atoms with Gasteiger partial charge in [-0.25, -0.2) is 9.78 Å². The molecule has 0 N–H and O–H groups in total. The van der Waals surface area contributed by atoms with E-state index in [4.69, 9.17) is 9.47 Å². The van der Waals surface area contributed by atoms with Crippen molar-refractivity contribution in [3.05, 3.63) is 59.8 Å². The fraction of sp³-hybridized carbons (Fsp3) is 0.200. The zero-order valence-corrected chi connectivity index (χ0v) is 14.0. The normalized spacial score (nSPS) is 10.6. The van der Waals surface area contributed by atoms with Crippen molar-refractivity contribution in [3.63, 3.8) is 0 Å². The number of aromatic nitrogens is 1. The molecule has 1 heterocycles. The van der Waals surface area contributed by atoms with Gasteiger partial charge in [-0.1, -0.05) is 23.8 Å². The van der Waals surface area contributed by atoms with Crippen LogP contribution in [0.5, 0.6) is 5.75 Å². The molecule has 1 aromatic heterocycles. The third-order valence-electron chi connectivity index (χ3n) is 3.85. The molecular formula is C20H19NO3. The Morgan fingerprint density at radius 1 is 1.08 bits per heavy atom. The molecule has 0 radical (unpaired) electrons. The largest absolute Gasteiger partial charge is 0.497 e. The van der Waals surface area contributed by atoms with Crippen molar-refractivity contribution < 1.29 is 14.3 Å². The summed E-state index contributed by atoms with van der Waals surface area (Å²) in [6.07, 6.45) is 0. The fourth-order valence-electron chi connectivity index (χ4n) is 2.66. The number of rotatable bonds is 4. The van der Waals surface area contributed by atoms with Crippen molar-refractivity contribution >= 4 is 16.9 Å². The molecule has 0 saturated carbocycles. The van der Waals surface area contributed by atoms with Crippen molar-refractivity contribution in [2.75, 3.05) is 13.7 Å². The minimum absolute atomic E-state index is 0.319. The molecule has 4 heteroatoms. The number of aryl methyl sites for hydroxylation is 1. The summed E-state index contributed by atoms with van der Waals surface area (Å²) in [4.78, 5) is 16.6. The minimum Gasteiger partial charge on any atom is -0.497 e. The summed E-state index contributed by atoms with van der Waals surface area (Å²) in [7, 11) is 1.64. The number of ether oxygens (including phenoxy) is 2. The molecule has 0 aliphatic carbocycles. The summed E-state index contributed by atoms with van der Waals surface area (Å²) in [5.74, 6) is 0.383. The first-order valence-corrected chi connectivity index (χ1v) is 7.85. The van der Waals surface area contributed by atoms with Crippen LogP contribution in [-0.4, -0.2) is 24.7 Å². The second kappa shape index (κ2) is 6.71. The molecule has 0 saturated heterocycles. The maximum Gasteiger partial charge on any atom is 0.356 e. The number of esters is 1.